The van der Waals surface area contributed by atoms with Crippen molar-refractivity contribution in [2.24, 2.45) is 10.4 Å². The maximum atomic E-state index is 14.5. The van der Waals surface area contributed by atoms with Gasteiger partial charge in [0, 0.05) is 44.7 Å². The number of hydrogen-bond donors (Lipinski definition) is 1. The SMILES string of the molecule is CCNC(=NCc1ccc(N(CC)CC)c(F)c1)N1CCC2(CCOC2)C1. The van der Waals surface area contributed by atoms with E-state index in [-0.39, 0.29) is 5.82 Å². The molecule has 5 nitrogen and oxygen atoms in total. The van der Waals surface area contributed by atoms with Gasteiger partial charge in [-0.05, 0) is 51.3 Å². The molecule has 2 saturated heterocycles. The zero-order chi connectivity index (χ0) is 19.3. The second-order valence-corrected chi connectivity index (χ2v) is 7.60. The predicted molar refractivity (Wildman–Crippen MR) is 109 cm³/mol. The minimum absolute atomic E-state index is 0.167. The first kappa shape index (κ1) is 19.9. The van der Waals surface area contributed by atoms with E-state index in [0.29, 0.717) is 17.6 Å². The molecule has 27 heavy (non-hydrogen) atoms. The van der Waals surface area contributed by atoms with E-state index in [2.05, 4.69) is 17.1 Å². The molecule has 2 heterocycles. The van der Waals surface area contributed by atoms with E-state index in [1.807, 2.05) is 30.9 Å². The number of halogens is 1. The molecule has 2 aliphatic rings. The maximum absolute atomic E-state index is 14.5. The van der Waals surface area contributed by atoms with Gasteiger partial charge >= 0.3 is 0 Å². The maximum Gasteiger partial charge on any atom is 0.194 e. The number of nitrogens with zero attached hydrogens (tertiary/aromatic N) is 3. The molecule has 150 valence electrons. The Hall–Kier alpha value is -1.82. The lowest BCUT2D eigenvalue weighted by atomic mass is 9.87. The monoisotopic (exact) mass is 376 g/mol. The molecular formula is C21H33FN4O. The molecule has 6 heteroatoms. The van der Waals surface area contributed by atoms with Crippen LogP contribution >= 0.6 is 0 Å². The number of guanidine groups is 1. The lowest BCUT2D eigenvalue weighted by molar-refractivity contribution is 0.156. The first-order chi connectivity index (χ1) is 13.1. The van der Waals surface area contributed by atoms with Gasteiger partial charge < -0.3 is 19.9 Å². The Morgan fingerprint density at radius 3 is 2.74 bits per heavy atom. The minimum atomic E-state index is -0.167. The molecule has 0 aliphatic carbocycles. The van der Waals surface area contributed by atoms with Gasteiger partial charge in [-0.25, -0.2) is 9.38 Å². The van der Waals surface area contributed by atoms with Gasteiger partial charge in [-0.2, -0.15) is 0 Å². The fourth-order valence-corrected chi connectivity index (χ4v) is 4.15. The van der Waals surface area contributed by atoms with Crippen LogP contribution in [0, 0.1) is 11.2 Å². The zero-order valence-electron chi connectivity index (χ0n) is 16.9. The van der Waals surface area contributed by atoms with Gasteiger partial charge in [0.15, 0.2) is 5.96 Å². The Kier molecular flexibility index (Phi) is 6.58. The summed E-state index contributed by atoms with van der Waals surface area (Å²) in [7, 11) is 0. The van der Waals surface area contributed by atoms with Crippen LogP contribution < -0.4 is 10.2 Å². The van der Waals surface area contributed by atoms with Crippen LogP contribution in [0.1, 0.15) is 39.2 Å². The molecule has 2 fully saturated rings. The van der Waals surface area contributed by atoms with Gasteiger partial charge in [0.1, 0.15) is 5.82 Å². The van der Waals surface area contributed by atoms with Crippen LogP contribution in [-0.4, -0.2) is 56.8 Å². The molecule has 3 rings (SSSR count). The van der Waals surface area contributed by atoms with Crippen LogP contribution in [0.2, 0.25) is 0 Å². The molecule has 1 spiro atoms. The van der Waals surface area contributed by atoms with Crippen molar-refractivity contribution in [1.29, 1.82) is 0 Å². The van der Waals surface area contributed by atoms with Gasteiger partial charge in [-0.1, -0.05) is 6.07 Å². The van der Waals surface area contributed by atoms with E-state index < -0.39 is 0 Å². The van der Waals surface area contributed by atoms with E-state index in [0.717, 1.165) is 70.3 Å². The summed E-state index contributed by atoms with van der Waals surface area (Å²) in [5.41, 5.74) is 1.87. The van der Waals surface area contributed by atoms with E-state index in [4.69, 9.17) is 9.73 Å². The van der Waals surface area contributed by atoms with Crippen LogP contribution in [0.5, 0.6) is 0 Å². The van der Waals surface area contributed by atoms with Crippen molar-refractivity contribution in [3.05, 3.63) is 29.6 Å². The second-order valence-electron chi connectivity index (χ2n) is 7.60. The van der Waals surface area contributed by atoms with Crippen molar-refractivity contribution in [3.63, 3.8) is 0 Å². The number of benzene rings is 1. The Bertz CT molecular complexity index is 654. The van der Waals surface area contributed by atoms with E-state index >= 15 is 0 Å². The molecule has 2 aliphatic heterocycles. The highest BCUT2D eigenvalue weighted by molar-refractivity contribution is 5.80. The third-order valence-electron chi connectivity index (χ3n) is 5.79. The number of hydrogen-bond acceptors (Lipinski definition) is 3. The minimum Gasteiger partial charge on any atom is -0.381 e. The molecule has 0 bridgehead atoms. The number of nitrogens with one attached hydrogen (secondary N) is 1. The molecule has 1 aromatic carbocycles. The third kappa shape index (κ3) is 4.54. The summed E-state index contributed by atoms with van der Waals surface area (Å²) in [5, 5.41) is 3.40. The first-order valence-corrected chi connectivity index (χ1v) is 10.2. The van der Waals surface area contributed by atoms with E-state index in [1.165, 1.54) is 0 Å². The fourth-order valence-electron chi connectivity index (χ4n) is 4.15. The molecule has 0 aromatic heterocycles. The van der Waals surface area contributed by atoms with Crippen LogP contribution in [0.4, 0.5) is 10.1 Å². The molecule has 1 N–H and O–H groups in total. The van der Waals surface area contributed by atoms with Gasteiger partial charge in [0.2, 0.25) is 0 Å². The van der Waals surface area contributed by atoms with Crippen molar-refractivity contribution < 1.29 is 9.13 Å². The molecule has 1 unspecified atom stereocenters. The summed E-state index contributed by atoms with van der Waals surface area (Å²) < 4.78 is 20.1. The van der Waals surface area contributed by atoms with Crippen molar-refractivity contribution in [2.45, 2.75) is 40.2 Å². The predicted octanol–water partition coefficient (Wildman–Crippen LogP) is 3.25. The quantitative estimate of drug-likeness (QED) is 0.611. The smallest absolute Gasteiger partial charge is 0.194 e. The number of ether oxygens (including phenoxy) is 1. The fraction of sp³-hybridized carbons (Fsp3) is 0.667. The summed E-state index contributed by atoms with van der Waals surface area (Å²) in [6.07, 6.45) is 2.30. The van der Waals surface area contributed by atoms with Crippen molar-refractivity contribution in [2.75, 3.05) is 50.8 Å². The van der Waals surface area contributed by atoms with Gasteiger partial charge in [-0.15, -0.1) is 0 Å². The largest absolute Gasteiger partial charge is 0.381 e. The zero-order valence-corrected chi connectivity index (χ0v) is 16.9. The van der Waals surface area contributed by atoms with Gasteiger partial charge in [-0.3, -0.25) is 0 Å². The summed E-state index contributed by atoms with van der Waals surface area (Å²) >= 11 is 0. The van der Waals surface area contributed by atoms with Crippen molar-refractivity contribution in [3.8, 4) is 0 Å². The average Bonchev–Trinajstić information content (AvgIpc) is 3.31. The van der Waals surface area contributed by atoms with Gasteiger partial charge in [0.25, 0.3) is 0 Å². The van der Waals surface area contributed by atoms with Crippen LogP contribution in [-0.2, 0) is 11.3 Å². The highest BCUT2D eigenvalue weighted by Gasteiger charge is 2.42. The topological polar surface area (TPSA) is 40.1 Å². The summed E-state index contributed by atoms with van der Waals surface area (Å²) in [4.78, 5) is 9.15. The summed E-state index contributed by atoms with van der Waals surface area (Å²) in [6, 6.07) is 5.48. The molecule has 0 amide bonds. The molecular weight excluding hydrogens is 343 g/mol. The van der Waals surface area contributed by atoms with Crippen LogP contribution in [0.3, 0.4) is 0 Å². The highest BCUT2D eigenvalue weighted by atomic mass is 19.1. The summed E-state index contributed by atoms with van der Waals surface area (Å²) in [6.45, 7) is 12.8. The van der Waals surface area contributed by atoms with E-state index in [1.54, 1.807) is 6.07 Å². The normalized spacial score (nSPS) is 22.7. The van der Waals surface area contributed by atoms with Crippen LogP contribution in [0.25, 0.3) is 0 Å². The highest BCUT2D eigenvalue weighted by Crippen LogP contribution is 2.38. The van der Waals surface area contributed by atoms with E-state index in [9.17, 15) is 4.39 Å². The van der Waals surface area contributed by atoms with Crippen molar-refractivity contribution >= 4 is 11.6 Å². The van der Waals surface area contributed by atoms with Gasteiger partial charge in [0.05, 0.1) is 18.8 Å². The molecule has 0 radical (unpaired) electrons. The Labute approximate surface area is 162 Å². The number of anilines is 1. The standard InChI is InChI=1S/C21H33FN4O/c1-4-23-20(26-11-9-21(15-26)10-12-27-16-21)24-14-17-7-8-19(18(22)13-17)25(5-2)6-3/h7-8,13H,4-6,9-12,14-16H2,1-3H3,(H,23,24). The van der Waals surface area contributed by atoms with Crippen LogP contribution in [0.15, 0.2) is 23.2 Å². The summed E-state index contributed by atoms with van der Waals surface area (Å²) in [5.74, 6) is 0.758. The first-order valence-electron chi connectivity index (χ1n) is 10.2. The number of aliphatic imine (C=N–C) groups is 1. The average molecular weight is 377 g/mol. The lowest BCUT2D eigenvalue weighted by Gasteiger charge is -2.25. The Morgan fingerprint density at radius 2 is 2.11 bits per heavy atom. The second kappa shape index (κ2) is 8.91. The number of likely N-dealkylation sites (tertiary alicyclic amines) is 1. The third-order valence-corrected chi connectivity index (χ3v) is 5.79. The molecule has 1 aromatic rings. The number of rotatable bonds is 6. The molecule has 1 atom stereocenters. The molecule has 0 saturated carbocycles. The Morgan fingerprint density at radius 1 is 1.30 bits per heavy atom. The lowest BCUT2D eigenvalue weighted by Crippen LogP contribution is -2.41. The van der Waals surface area contributed by atoms with Crippen molar-refractivity contribution in [1.82, 2.24) is 10.2 Å². The Balaban J connectivity index is 1.69.